The number of nitrogens with zero attached hydrogens (tertiary/aromatic N) is 2. The van der Waals surface area contributed by atoms with Crippen LogP contribution in [0.4, 0.5) is 5.69 Å². The Morgan fingerprint density at radius 1 is 1.64 bits per heavy atom. The van der Waals surface area contributed by atoms with Crippen LogP contribution in [0, 0.1) is 10.1 Å². The van der Waals surface area contributed by atoms with Gasteiger partial charge in [-0.05, 0) is 6.42 Å². The predicted octanol–water partition coefficient (Wildman–Crippen LogP) is 1.67. The number of hydrogen-bond donors (Lipinski definition) is 1. The van der Waals surface area contributed by atoms with E-state index in [0.29, 0.717) is 17.7 Å². The van der Waals surface area contributed by atoms with E-state index in [9.17, 15) is 10.1 Å². The molecule has 0 atom stereocenters. The van der Waals surface area contributed by atoms with Gasteiger partial charge in [0.2, 0.25) is 0 Å². The molecule has 0 amide bonds. The summed E-state index contributed by atoms with van der Waals surface area (Å²) in [6.45, 7) is 1.89. The largest absolute Gasteiger partial charge is 0.323 e. The van der Waals surface area contributed by atoms with Crippen molar-refractivity contribution in [3.8, 4) is 0 Å². The van der Waals surface area contributed by atoms with Crippen LogP contribution in [-0.2, 0) is 0 Å². The Morgan fingerprint density at radius 3 is 2.86 bits per heavy atom. The summed E-state index contributed by atoms with van der Waals surface area (Å²) in [5.74, 6) is 5.16. The van der Waals surface area contributed by atoms with Crippen LogP contribution in [-0.4, -0.2) is 10.6 Å². The third-order valence-corrected chi connectivity index (χ3v) is 1.88. The number of nitrogens with two attached hydrogens (primary N) is 1. The van der Waals surface area contributed by atoms with E-state index in [1.807, 2.05) is 6.92 Å². The number of hydrazone groups is 1. The van der Waals surface area contributed by atoms with E-state index in [0.717, 1.165) is 0 Å². The van der Waals surface area contributed by atoms with Gasteiger partial charge in [-0.25, -0.2) is 0 Å². The van der Waals surface area contributed by atoms with Crippen molar-refractivity contribution < 1.29 is 4.92 Å². The van der Waals surface area contributed by atoms with Crippen LogP contribution in [0.1, 0.15) is 18.9 Å². The first-order valence-electron chi connectivity index (χ1n) is 4.20. The van der Waals surface area contributed by atoms with Crippen molar-refractivity contribution in [2.24, 2.45) is 10.9 Å². The first kappa shape index (κ1) is 10.2. The van der Waals surface area contributed by atoms with Crippen LogP contribution in [0.3, 0.4) is 0 Å². The van der Waals surface area contributed by atoms with Gasteiger partial charge in [0.1, 0.15) is 0 Å². The number of nitro groups is 1. The Labute approximate surface area is 81.4 Å². The molecule has 1 aromatic carbocycles. The molecule has 1 aromatic rings. The molecule has 0 bridgehead atoms. The first-order chi connectivity index (χ1) is 6.69. The highest BCUT2D eigenvalue weighted by atomic mass is 16.6. The Bertz CT molecular complexity index is 374. The second kappa shape index (κ2) is 4.36. The zero-order valence-corrected chi connectivity index (χ0v) is 7.80. The summed E-state index contributed by atoms with van der Waals surface area (Å²) in [5, 5.41) is 14.1. The number of non-ortho nitro benzene ring substituents is 1. The van der Waals surface area contributed by atoms with E-state index in [2.05, 4.69) is 5.10 Å². The Balaban J connectivity index is 3.11. The number of benzene rings is 1. The summed E-state index contributed by atoms with van der Waals surface area (Å²) in [5.41, 5.74) is 1.41. The Morgan fingerprint density at radius 2 is 2.36 bits per heavy atom. The Kier molecular flexibility index (Phi) is 3.17. The number of hydrogen-bond acceptors (Lipinski definition) is 4. The molecule has 0 heterocycles. The zero-order valence-electron chi connectivity index (χ0n) is 7.80. The van der Waals surface area contributed by atoms with Gasteiger partial charge in [0.05, 0.1) is 10.6 Å². The molecule has 2 N–H and O–H groups in total. The van der Waals surface area contributed by atoms with Gasteiger partial charge in [-0.3, -0.25) is 10.1 Å². The molecule has 5 nitrogen and oxygen atoms in total. The van der Waals surface area contributed by atoms with Crippen molar-refractivity contribution in [3.63, 3.8) is 0 Å². The van der Waals surface area contributed by atoms with Crippen LogP contribution < -0.4 is 5.84 Å². The lowest BCUT2D eigenvalue weighted by Gasteiger charge is -2.01. The average molecular weight is 193 g/mol. The molecule has 0 aliphatic heterocycles. The minimum absolute atomic E-state index is 0.0529. The monoisotopic (exact) mass is 193 g/mol. The molecule has 0 aliphatic rings. The van der Waals surface area contributed by atoms with Crippen LogP contribution in [0.2, 0.25) is 0 Å². The van der Waals surface area contributed by atoms with Gasteiger partial charge >= 0.3 is 0 Å². The van der Waals surface area contributed by atoms with Crippen LogP contribution >= 0.6 is 0 Å². The van der Waals surface area contributed by atoms with Gasteiger partial charge in [0, 0.05) is 17.7 Å². The standard InChI is InChI=1S/C9H11N3O2/c1-2-9(11-10)7-4-3-5-8(6-7)12(13)14/h3-6H,2,10H2,1H3/b11-9-. The third-order valence-electron chi connectivity index (χ3n) is 1.88. The summed E-state index contributed by atoms with van der Waals surface area (Å²) in [6.07, 6.45) is 0.650. The van der Waals surface area contributed by atoms with Crippen molar-refractivity contribution in [1.82, 2.24) is 0 Å². The molecular formula is C9H11N3O2. The van der Waals surface area contributed by atoms with E-state index < -0.39 is 4.92 Å². The van der Waals surface area contributed by atoms with E-state index >= 15 is 0 Å². The lowest BCUT2D eigenvalue weighted by atomic mass is 10.1. The molecule has 0 unspecified atom stereocenters. The highest BCUT2D eigenvalue weighted by molar-refractivity contribution is 6.00. The van der Waals surface area contributed by atoms with E-state index in [1.165, 1.54) is 12.1 Å². The molecule has 0 fully saturated rings. The van der Waals surface area contributed by atoms with Crippen molar-refractivity contribution in [2.75, 3.05) is 0 Å². The lowest BCUT2D eigenvalue weighted by Crippen LogP contribution is -2.03. The van der Waals surface area contributed by atoms with Gasteiger partial charge in [-0.15, -0.1) is 0 Å². The quantitative estimate of drug-likeness (QED) is 0.343. The second-order valence-electron chi connectivity index (χ2n) is 2.74. The van der Waals surface area contributed by atoms with Crippen molar-refractivity contribution in [2.45, 2.75) is 13.3 Å². The molecule has 0 aliphatic carbocycles. The topological polar surface area (TPSA) is 81.5 Å². The van der Waals surface area contributed by atoms with Crippen LogP contribution in [0.15, 0.2) is 29.4 Å². The molecule has 0 saturated heterocycles. The van der Waals surface area contributed by atoms with Gasteiger partial charge in [0.15, 0.2) is 0 Å². The minimum atomic E-state index is -0.437. The Hall–Kier alpha value is -1.91. The zero-order chi connectivity index (χ0) is 10.6. The van der Waals surface area contributed by atoms with Crippen LogP contribution in [0.5, 0.6) is 0 Å². The smallest absolute Gasteiger partial charge is 0.270 e. The van der Waals surface area contributed by atoms with Crippen LogP contribution in [0.25, 0.3) is 0 Å². The summed E-state index contributed by atoms with van der Waals surface area (Å²) in [6, 6.07) is 6.28. The van der Waals surface area contributed by atoms with E-state index in [4.69, 9.17) is 5.84 Å². The molecule has 0 saturated carbocycles. The summed E-state index contributed by atoms with van der Waals surface area (Å²) in [7, 11) is 0. The molecule has 74 valence electrons. The SMILES string of the molecule is CC/C(=N/N)c1cccc([N+](=O)[O-])c1. The number of rotatable bonds is 3. The molecule has 0 spiro atoms. The fraction of sp³-hybridized carbons (Fsp3) is 0.222. The minimum Gasteiger partial charge on any atom is -0.323 e. The van der Waals surface area contributed by atoms with Gasteiger partial charge in [0.25, 0.3) is 5.69 Å². The maximum absolute atomic E-state index is 10.5. The van der Waals surface area contributed by atoms with Gasteiger partial charge < -0.3 is 5.84 Å². The average Bonchev–Trinajstić information content (AvgIpc) is 2.20. The molecule has 0 radical (unpaired) electrons. The van der Waals surface area contributed by atoms with E-state index in [1.54, 1.807) is 12.1 Å². The highest BCUT2D eigenvalue weighted by Crippen LogP contribution is 2.14. The summed E-state index contributed by atoms with van der Waals surface area (Å²) < 4.78 is 0. The number of nitro benzene ring substituents is 1. The summed E-state index contributed by atoms with van der Waals surface area (Å²) >= 11 is 0. The van der Waals surface area contributed by atoms with Crippen molar-refractivity contribution >= 4 is 11.4 Å². The predicted molar refractivity (Wildman–Crippen MR) is 54.1 cm³/mol. The highest BCUT2D eigenvalue weighted by Gasteiger charge is 2.08. The van der Waals surface area contributed by atoms with Gasteiger partial charge in [-0.2, -0.15) is 5.10 Å². The second-order valence-corrected chi connectivity index (χ2v) is 2.74. The van der Waals surface area contributed by atoms with E-state index in [-0.39, 0.29) is 5.69 Å². The fourth-order valence-electron chi connectivity index (χ4n) is 1.17. The lowest BCUT2D eigenvalue weighted by molar-refractivity contribution is -0.384. The third kappa shape index (κ3) is 2.07. The molecule has 0 aromatic heterocycles. The molecule has 14 heavy (non-hydrogen) atoms. The van der Waals surface area contributed by atoms with Crippen molar-refractivity contribution in [1.29, 1.82) is 0 Å². The molecule has 5 heteroatoms. The molecular weight excluding hydrogens is 182 g/mol. The maximum atomic E-state index is 10.5. The first-order valence-corrected chi connectivity index (χ1v) is 4.20. The maximum Gasteiger partial charge on any atom is 0.270 e. The fourth-order valence-corrected chi connectivity index (χ4v) is 1.17. The molecule has 1 rings (SSSR count). The van der Waals surface area contributed by atoms with Crippen molar-refractivity contribution in [3.05, 3.63) is 39.9 Å². The summed E-state index contributed by atoms with van der Waals surface area (Å²) in [4.78, 5) is 10.0. The normalized spacial score (nSPS) is 11.4. The van der Waals surface area contributed by atoms with Gasteiger partial charge in [-0.1, -0.05) is 19.1 Å².